The molecule has 4 aromatic rings. The van der Waals surface area contributed by atoms with Gasteiger partial charge in [-0.15, -0.1) is 0 Å². The van der Waals surface area contributed by atoms with E-state index in [-0.39, 0.29) is 12.1 Å². The molecule has 0 aliphatic carbocycles. The van der Waals surface area contributed by atoms with Crippen LogP contribution in [-0.2, 0) is 6.42 Å². The van der Waals surface area contributed by atoms with Gasteiger partial charge in [0.1, 0.15) is 17.2 Å². The van der Waals surface area contributed by atoms with Crippen LogP contribution >= 0.6 is 0 Å². The highest BCUT2D eigenvalue weighted by molar-refractivity contribution is 5.92. The maximum Gasteiger partial charge on any atom is 0.322 e. The number of hydrogen-bond donors (Lipinski definition) is 2. The van der Waals surface area contributed by atoms with E-state index in [0.717, 1.165) is 51.5 Å². The number of rotatable bonds is 6. The standard InChI is InChI=1S/C28H29N3O4/c1-4-35-21-11-7-19(8-12-21)29-28(32)31-16-15-23-24-17-22(34-3)13-14-25(24)30-26(23)27(31)18-5-9-20(33-2)10-6-18/h5-14,17,27,30H,4,15-16H2,1-3H3,(H,29,32)/t27-/m0/s1. The summed E-state index contributed by atoms with van der Waals surface area (Å²) in [5.74, 6) is 2.37. The summed E-state index contributed by atoms with van der Waals surface area (Å²) in [5, 5.41) is 4.19. The molecule has 0 spiro atoms. The molecular weight excluding hydrogens is 442 g/mol. The monoisotopic (exact) mass is 471 g/mol. The molecule has 0 bridgehead atoms. The number of nitrogens with one attached hydrogen (secondary N) is 2. The van der Waals surface area contributed by atoms with Crippen LogP contribution in [0, 0.1) is 0 Å². The third-order valence-corrected chi connectivity index (χ3v) is 6.44. The zero-order valence-electron chi connectivity index (χ0n) is 20.1. The van der Waals surface area contributed by atoms with Gasteiger partial charge in [-0.05, 0) is 79.1 Å². The summed E-state index contributed by atoms with van der Waals surface area (Å²) in [6.45, 7) is 3.12. The summed E-state index contributed by atoms with van der Waals surface area (Å²) >= 11 is 0. The smallest absolute Gasteiger partial charge is 0.322 e. The van der Waals surface area contributed by atoms with E-state index in [1.165, 1.54) is 5.56 Å². The lowest BCUT2D eigenvalue weighted by Crippen LogP contribution is -2.43. The quantitative estimate of drug-likeness (QED) is 0.375. The molecule has 0 fully saturated rings. The topological polar surface area (TPSA) is 75.8 Å². The number of fused-ring (bicyclic) bond motifs is 3. The number of carbonyl (C=O) groups is 1. The highest BCUT2D eigenvalue weighted by atomic mass is 16.5. The molecule has 3 aromatic carbocycles. The fourth-order valence-electron chi connectivity index (χ4n) is 4.74. The molecule has 0 radical (unpaired) electrons. The Morgan fingerprint density at radius 3 is 2.34 bits per heavy atom. The first-order valence-electron chi connectivity index (χ1n) is 11.7. The van der Waals surface area contributed by atoms with E-state index in [0.29, 0.717) is 13.2 Å². The lowest BCUT2D eigenvalue weighted by molar-refractivity contribution is 0.193. The van der Waals surface area contributed by atoms with Gasteiger partial charge in [0.15, 0.2) is 0 Å². The van der Waals surface area contributed by atoms with E-state index in [1.807, 2.05) is 72.5 Å². The highest BCUT2D eigenvalue weighted by Crippen LogP contribution is 2.40. The molecule has 0 unspecified atom stereocenters. The van der Waals surface area contributed by atoms with Crippen molar-refractivity contribution in [2.45, 2.75) is 19.4 Å². The lowest BCUT2D eigenvalue weighted by atomic mass is 9.92. The van der Waals surface area contributed by atoms with Crippen LogP contribution in [0.25, 0.3) is 10.9 Å². The number of urea groups is 1. The fraction of sp³-hybridized carbons (Fsp3) is 0.250. The highest BCUT2D eigenvalue weighted by Gasteiger charge is 2.34. The Morgan fingerprint density at radius 2 is 1.66 bits per heavy atom. The van der Waals surface area contributed by atoms with Gasteiger partial charge >= 0.3 is 6.03 Å². The maximum atomic E-state index is 13.5. The third-order valence-electron chi connectivity index (χ3n) is 6.44. The summed E-state index contributed by atoms with van der Waals surface area (Å²) in [6.07, 6.45) is 0.742. The predicted molar refractivity (Wildman–Crippen MR) is 137 cm³/mol. The van der Waals surface area contributed by atoms with E-state index < -0.39 is 0 Å². The molecule has 180 valence electrons. The summed E-state index contributed by atoms with van der Waals surface area (Å²) in [6, 6.07) is 20.9. The first-order chi connectivity index (χ1) is 17.1. The Hall–Kier alpha value is -4.13. The molecule has 1 atom stereocenters. The SMILES string of the molecule is CCOc1ccc(NC(=O)N2CCc3c([nH]c4ccc(OC)cc34)[C@@H]2c2ccc(OC)cc2)cc1. The minimum Gasteiger partial charge on any atom is -0.497 e. The number of ether oxygens (including phenoxy) is 3. The predicted octanol–water partition coefficient (Wildman–Crippen LogP) is 5.76. The average molecular weight is 472 g/mol. The van der Waals surface area contributed by atoms with Crippen LogP contribution in [0.1, 0.15) is 29.8 Å². The number of benzene rings is 3. The van der Waals surface area contributed by atoms with E-state index in [2.05, 4.69) is 16.4 Å². The number of H-pyrrole nitrogens is 1. The Bertz CT molecular complexity index is 1330. The second-order valence-corrected chi connectivity index (χ2v) is 8.44. The van der Waals surface area contributed by atoms with Crippen molar-refractivity contribution in [1.29, 1.82) is 0 Å². The van der Waals surface area contributed by atoms with Crippen LogP contribution < -0.4 is 19.5 Å². The normalized spacial score (nSPS) is 14.9. The van der Waals surface area contributed by atoms with Gasteiger partial charge in [0.25, 0.3) is 0 Å². The number of anilines is 1. The van der Waals surface area contributed by atoms with E-state index in [4.69, 9.17) is 14.2 Å². The molecule has 35 heavy (non-hydrogen) atoms. The Balaban J connectivity index is 1.52. The Labute approximate surface area is 204 Å². The number of methoxy groups -OCH3 is 2. The molecular formula is C28H29N3O4. The lowest BCUT2D eigenvalue weighted by Gasteiger charge is -2.36. The Morgan fingerprint density at radius 1 is 0.971 bits per heavy atom. The zero-order valence-corrected chi connectivity index (χ0v) is 20.1. The van der Waals surface area contributed by atoms with Crippen LogP contribution in [0.3, 0.4) is 0 Å². The molecule has 1 aromatic heterocycles. The van der Waals surface area contributed by atoms with Gasteiger partial charge < -0.3 is 29.4 Å². The summed E-state index contributed by atoms with van der Waals surface area (Å²) in [4.78, 5) is 19.0. The maximum absolute atomic E-state index is 13.5. The van der Waals surface area contributed by atoms with Gasteiger partial charge in [-0.1, -0.05) is 12.1 Å². The van der Waals surface area contributed by atoms with Crippen molar-refractivity contribution in [3.05, 3.63) is 83.6 Å². The van der Waals surface area contributed by atoms with Gasteiger partial charge in [-0.2, -0.15) is 0 Å². The summed E-state index contributed by atoms with van der Waals surface area (Å²) in [5.41, 5.74) is 4.99. The van der Waals surface area contributed by atoms with Gasteiger partial charge in [-0.25, -0.2) is 4.79 Å². The van der Waals surface area contributed by atoms with E-state index in [9.17, 15) is 4.79 Å². The summed E-state index contributed by atoms with van der Waals surface area (Å²) in [7, 11) is 3.32. The molecule has 2 N–H and O–H groups in total. The molecule has 2 amide bonds. The van der Waals surface area contributed by atoms with E-state index in [1.54, 1.807) is 14.2 Å². The number of amides is 2. The molecule has 0 saturated carbocycles. The van der Waals surface area contributed by atoms with Crippen LogP contribution in [0.15, 0.2) is 66.7 Å². The molecule has 1 aliphatic heterocycles. The van der Waals surface area contributed by atoms with Crippen LogP contribution in [0.4, 0.5) is 10.5 Å². The van der Waals surface area contributed by atoms with Crippen LogP contribution in [-0.4, -0.2) is 43.3 Å². The minimum absolute atomic E-state index is 0.156. The Kier molecular flexibility index (Phi) is 6.23. The number of aromatic nitrogens is 1. The van der Waals surface area contributed by atoms with Gasteiger partial charge in [0.05, 0.1) is 26.9 Å². The van der Waals surface area contributed by atoms with Gasteiger partial charge in [-0.3, -0.25) is 0 Å². The van der Waals surface area contributed by atoms with Crippen molar-refractivity contribution in [3.8, 4) is 17.2 Å². The number of nitrogens with zero attached hydrogens (tertiary/aromatic N) is 1. The van der Waals surface area contributed by atoms with E-state index >= 15 is 0 Å². The van der Waals surface area contributed by atoms with Crippen molar-refractivity contribution in [2.75, 3.05) is 32.7 Å². The molecule has 7 heteroatoms. The van der Waals surface area contributed by atoms with Crippen molar-refractivity contribution in [1.82, 2.24) is 9.88 Å². The average Bonchev–Trinajstić information content (AvgIpc) is 3.27. The molecule has 0 saturated heterocycles. The van der Waals surface area contributed by atoms with Gasteiger partial charge in [0.2, 0.25) is 0 Å². The molecule has 5 rings (SSSR count). The van der Waals surface area contributed by atoms with Crippen molar-refractivity contribution in [2.24, 2.45) is 0 Å². The number of aromatic amines is 1. The fourth-order valence-corrected chi connectivity index (χ4v) is 4.74. The number of hydrogen-bond acceptors (Lipinski definition) is 4. The zero-order chi connectivity index (χ0) is 24.4. The van der Waals surface area contributed by atoms with Gasteiger partial charge in [0, 0.05) is 28.8 Å². The second-order valence-electron chi connectivity index (χ2n) is 8.44. The molecule has 2 heterocycles. The third kappa shape index (κ3) is 4.37. The summed E-state index contributed by atoms with van der Waals surface area (Å²) < 4.78 is 16.3. The van der Waals surface area contributed by atoms with Crippen molar-refractivity contribution in [3.63, 3.8) is 0 Å². The number of carbonyl (C=O) groups excluding carboxylic acids is 1. The van der Waals surface area contributed by atoms with Crippen molar-refractivity contribution < 1.29 is 19.0 Å². The minimum atomic E-state index is -0.272. The van der Waals surface area contributed by atoms with Crippen LogP contribution in [0.2, 0.25) is 0 Å². The largest absolute Gasteiger partial charge is 0.497 e. The first kappa shape index (κ1) is 22.7. The first-order valence-corrected chi connectivity index (χ1v) is 11.7. The molecule has 7 nitrogen and oxygen atoms in total. The second kappa shape index (κ2) is 9.62. The molecule has 1 aliphatic rings. The van der Waals surface area contributed by atoms with Crippen molar-refractivity contribution >= 4 is 22.6 Å². The van der Waals surface area contributed by atoms with Crippen LogP contribution in [0.5, 0.6) is 17.2 Å².